The van der Waals surface area contributed by atoms with Gasteiger partial charge in [0.05, 0.1) is 0 Å². The molecule has 0 atom stereocenters. The fourth-order valence-electron chi connectivity index (χ4n) is 3.39. The van der Waals surface area contributed by atoms with Gasteiger partial charge in [0, 0.05) is 0 Å². The van der Waals surface area contributed by atoms with Gasteiger partial charge in [0.15, 0.2) is 0 Å². The van der Waals surface area contributed by atoms with Gasteiger partial charge in [0.1, 0.15) is 0 Å². The summed E-state index contributed by atoms with van der Waals surface area (Å²) in [7, 11) is 0. The van der Waals surface area contributed by atoms with Crippen molar-refractivity contribution in [1.29, 1.82) is 0 Å². The van der Waals surface area contributed by atoms with Crippen LogP contribution in [0.2, 0.25) is 0 Å². The van der Waals surface area contributed by atoms with Crippen LogP contribution < -0.4 is 4.86 Å². The second kappa shape index (κ2) is 5.98. The Labute approximate surface area is 150 Å². The average Bonchev–Trinajstić information content (AvgIpc) is 2.54. The second-order valence-corrected chi connectivity index (χ2v) is 48.1. The molecule has 0 saturated carbocycles. The predicted octanol–water partition coefficient (Wildman–Crippen LogP) is 5.80. The van der Waals surface area contributed by atoms with E-state index in [2.05, 4.69) is 87.9 Å². The van der Waals surface area contributed by atoms with Crippen LogP contribution in [-0.2, 0) is 0 Å². The molecule has 0 spiro atoms. The van der Waals surface area contributed by atoms with Crippen molar-refractivity contribution in [2.75, 3.05) is 0 Å². The number of nitrogens with one attached hydrogen (secondary N) is 1. The van der Waals surface area contributed by atoms with Crippen LogP contribution in [0.4, 0.5) is 0 Å². The van der Waals surface area contributed by atoms with E-state index in [1.165, 1.54) is 0 Å². The molecule has 0 bridgehead atoms. The fourth-order valence-corrected chi connectivity index (χ4v) is 138. The van der Waals surface area contributed by atoms with Crippen LogP contribution >= 0.6 is 10.2 Å². The average molecular weight is 561 g/mol. The molecule has 1 heterocycles. The van der Waals surface area contributed by atoms with Gasteiger partial charge < -0.3 is 0 Å². The van der Waals surface area contributed by atoms with Gasteiger partial charge in [-0.05, 0) is 0 Å². The standard InChI is InChI=1S/C16H37NP2Te2/c1-13(2,3)18(14(4,5)6)17-19(21-20-18,15(7,8)9)16(10,11)12/h17H,1-12H3/q+2. The quantitative estimate of drug-likeness (QED) is 0.292. The number of rotatable bonds is 0. The first-order valence-corrected chi connectivity index (χ1v) is 24.9. The Morgan fingerprint density at radius 1 is 0.476 bits per heavy atom. The summed E-state index contributed by atoms with van der Waals surface area (Å²) in [5.74, 6) is 0. The van der Waals surface area contributed by atoms with E-state index >= 15 is 0 Å². The molecule has 0 amide bonds. The Morgan fingerprint density at radius 2 is 0.667 bits per heavy atom. The zero-order valence-corrected chi connectivity index (χ0v) is 22.7. The van der Waals surface area contributed by atoms with Gasteiger partial charge in [-0.3, -0.25) is 0 Å². The van der Waals surface area contributed by atoms with Gasteiger partial charge in [-0.25, -0.2) is 0 Å². The first-order valence-electron chi connectivity index (χ1n) is 7.87. The summed E-state index contributed by atoms with van der Waals surface area (Å²) in [6, 6.07) is 0. The van der Waals surface area contributed by atoms with Crippen molar-refractivity contribution in [2.24, 2.45) is 0 Å². The third-order valence-corrected chi connectivity index (χ3v) is 80.5. The van der Waals surface area contributed by atoms with Crippen molar-refractivity contribution < 1.29 is 0 Å². The molecule has 0 aliphatic carbocycles. The molecule has 1 N–H and O–H groups in total. The van der Waals surface area contributed by atoms with Gasteiger partial charge in [-0.15, -0.1) is 0 Å². The van der Waals surface area contributed by atoms with Gasteiger partial charge >= 0.3 is 152 Å². The van der Waals surface area contributed by atoms with Crippen molar-refractivity contribution >= 4 is 43.2 Å². The van der Waals surface area contributed by atoms with Gasteiger partial charge in [-0.1, -0.05) is 0 Å². The molecular formula is C16H37NP2Te2+2. The van der Waals surface area contributed by atoms with Crippen molar-refractivity contribution in [3.05, 3.63) is 0 Å². The van der Waals surface area contributed by atoms with Crippen molar-refractivity contribution in [3.63, 3.8) is 0 Å². The number of hydrogen-bond acceptors (Lipinski definition) is 1. The molecular weight excluding hydrogens is 523 g/mol. The molecule has 0 aromatic carbocycles. The van der Waals surface area contributed by atoms with Crippen LogP contribution in [0.25, 0.3) is 0 Å². The molecule has 1 nitrogen and oxygen atoms in total. The van der Waals surface area contributed by atoms with Crippen LogP contribution in [-0.4, -0.2) is 53.6 Å². The molecule has 1 fully saturated rings. The summed E-state index contributed by atoms with van der Waals surface area (Å²) in [5.41, 5.74) is 0. The Bertz CT molecular complexity index is 328. The maximum absolute atomic E-state index is 4.62. The molecule has 1 aliphatic heterocycles. The third-order valence-electron chi connectivity index (χ3n) is 4.32. The normalized spacial score (nSPS) is 23.4. The van der Waals surface area contributed by atoms with Crippen molar-refractivity contribution in [3.8, 4) is 0 Å². The van der Waals surface area contributed by atoms with Crippen LogP contribution in [0.1, 0.15) is 83.1 Å². The van der Waals surface area contributed by atoms with E-state index in [4.69, 9.17) is 0 Å². The molecule has 0 radical (unpaired) electrons. The molecule has 1 saturated heterocycles. The summed E-state index contributed by atoms with van der Waals surface area (Å²) in [5, 5.41) is -0.209. The molecule has 1 rings (SSSR count). The first kappa shape index (κ1) is 21.4. The summed E-state index contributed by atoms with van der Waals surface area (Å²) in [6.07, 6.45) is 0. The molecule has 5 heteroatoms. The van der Waals surface area contributed by atoms with Crippen molar-refractivity contribution in [1.82, 2.24) is 4.86 Å². The zero-order chi connectivity index (χ0) is 17.1. The molecule has 126 valence electrons. The van der Waals surface area contributed by atoms with Crippen LogP contribution in [0.15, 0.2) is 0 Å². The van der Waals surface area contributed by atoms with Crippen LogP contribution in [0.3, 0.4) is 0 Å². The fraction of sp³-hybridized carbons (Fsp3) is 1.00. The van der Waals surface area contributed by atoms with E-state index in [0.717, 1.165) is 0 Å². The van der Waals surface area contributed by atoms with Gasteiger partial charge in [0.25, 0.3) is 0 Å². The van der Waals surface area contributed by atoms with Gasteiger partial charge in [-0.2, -0.15) is 0 Å². The minimum atomic E-state index is -1.04. The Hall–Kier alpha value is 2.40. The Morgan fingerprint density at radius 3 is 0.762 bits per heavy atom. The molecule has 0 aromatic rings. The summed E-state index contributed by atoms with van der Waals surface area (Å²) in [6.45, 7) is 30.4. The Kier molecular flexibility index (Phi) is 6.11. The summed E-state index contributed by atoms with van der Waals surface area (Å²) in [4.78, 5) is 4.62. The van der Waals surface area contributed by atoms with E-state index in [9.17, 15) is 0 Å². The molecule has 0 unspecified atom stereocenters. The number of hydrogen-bond donors (Lipinski definition) is 1. The predicted molar refractivity (Wildman–Crippen MR) is 107 cm³/mol. The van der Waals surface area contributed by atoms with Gasteiger partial charge in [0.2, 0.25) is 0 Å². The van der Waals surface area contributed by atoms with Crippen molar-refractivity contribution in [2.45, 2.75) is 104 Å². The zero-order valence-electron chi connectivity index (χ0n) is 16.2. The van der Waals surface area contributed by atoms with E-state index in [1.54, 1.807) is 0 Å². The topological polar surface area (TPSA) is 12.0 Å². The van der Waals surface area contributed by atoms with E-state index in [0.29, 0.717) is 20.6 Å². The van der Waals surface area contributed by atoms with Crippen LogP contribution in [0, 0.1) is 0 Å². The second-order valence-electron chi connectivity index (χ2n) is 10.2. The van der Waals surface area contributed by atoms with E-state index in [-0.39, 0.29) is 33.0 Å². The monoisotopic (exact) mass is 565 g/mol. The van der Waals surface area contributed by atoms with Crippen LogP contribution in [0.5, 0.6) is 0 Å². The van der Waals surface area contributed by atoms with E-state index in [1.807, 2.05) is 0 Å². The molecule has 0 aromatic heterocycles. The first-order chi connectivity index (χ1) is 8.91. The third kappa shape index (κ3) is 3.53. The molecule has 21 heavy (non-hydrogen) atoms. The summed E-state index contributed by atoms with van der Waals surface area (Å²) < 4.78 is 0. The van der Waals surface area contributed by atoms with E-state index < -0.39 is 10.2 Å². The SMILES string of the molecule is CC(C)(C)[P+]1(C(C)(C)C)N[P+](C(C)(C)C)(C(C)(C)C)[Te][Te]1. The summed E-state index contributed by atoms with van der Waals surface area (Å²) >= 11 is 0.306. The Balaban J connectivity index is 3.49. The maximum atomic E-state index is 4.62. The molecule has 1 aliphatic rings. The minimum absolute atomic E-state index is 0.153.